The Morgan fingerprint density at radius 1 is 0.902 bits per heavy atom. The summed E-state index contributed by atoms with van der Waals surface area (Å²) >= 11 is 1.30. The van der Waals surface area contributed by atoms with Gasteiger partial charge in [0.25, 0.3) is 5.56 Å². The van der Waals surface area contributed by atoms with Crippen LogP contribution in [0.15, 0.2) is 94.2 Å². The summed E-state index contributed by atoms with van der Waals surface area (Å²) in [4.78, 5) is 33.0. The molecule has 7 nitrogen and oxygen atoms in total. The van der Waals surface area contributed by atoms with E-state index < -0.39 is 12.0 Å². The zero-order valence-electron chi connectivity index (χ0n) is 23.3. The largest absolute Gasteiger partial charge is 0.494 e. The first kappa shape index (κ1) is 28.1. The third-order valence-corrected chi connectivity index (χ3v) is 7.51. The summed E-state index contributed by atoms with van der Waals surface area (Å²) in [5.74, 6) is 0.985. The molecule has 0 unspecified atom stereocenters. The second kappa shape index (κ2) is 12.8. The summed E-state index contributed by atoms with van der Waals surface area (Å²) in [5, 5.41) is 0. The SMILES string of the molecule is CCCOc1ccc(/C=c2/sc3n(c2=O)[C@H](c2ccc(OCC)cc2)C(C(=O)OCC)=C(c2ccccc2)N=3)cc1. The number of ether oxygens (including phenoxy) is 3. The normalized spacial score (nSPS) is 14.8. The molecular weight excluding hydrogens is 536 g/mol. The number of nitrogens with zero attached hydrogens (tertiary/aromatic N) is 2. The number of carbonyl (C=O) groups is 1. The predicted molar refractivity (Wildman–Crippen MR) is 161 cm³/mol. The predicted octanol–water partition coefficient (Wildman–Crippen LogP) is 5.12. The first-order valence-electron chi connectivity index (χ1n) is 13.8. The van der Waals surface area contributed by atoms with Crippen LogP contribution < -0.4 is 24.4 Å². The maximum absolute atomic E-state index is 14.0. The van der Waals surface area contributed by atoms with Crippen LogP contribution >= 0.6 is 11.3 Å². The molecule has 0 N–H and O–H groups in total. The van der Waals surface area contributed by atoms with E-state index >= 15 is 0 Å². The van der Waals surface area contributed by atoms with E-state index in [0.717, 1.165) is 28.9 Å². The van der Waals surface area contributed by atoms with Crippen molar-refractivity contribution in [2.75, 3.05) is 19.8 Å². The molecule has 0 amide bonds. The number of carbonyl (C=O) groups excluding carboxylic acids is 1. The minimum atomic E-state index is -0.733. The summed E-state index contributed by atoms with van der Waals surface area (Å²) in [5.41, 5.74) is 2.97. The molecule has 1 atom stereocenters. The fraction of sp³-hybridized carbons (Fsp3) is 0.242. The Kier molecular flexibility index (Phi) is 8.79. The van der Waals surface area contributed by atoms with E-state index in [1.165, 1.54) is 11.3 Å². The van der Waals surface area contributed by atoms with Gasteiger partial charge >= 0.3 is 5.97 Å². The number of thiazole rings is 1. The highest BCUT2D eigenvalue weighted by molar-refractivity contribution is 7.07. The lowest BCUT2D eigenvalue weighted by Crippen LogP contribution is -2.40. The molecule has 1 aliphatic heterocycles. The Labute approximate surface area is 242 Å². The van der Waals surface area contributed by atoms with Gasteiger partial charge in [-0.3, -0.25) is 9.36 Å². The van der Waals surface area contributed by atoms with Crippen LogP contribution in [0, 0.1) is 0 Å². The molecule has 0 fully saturated rings. The van der Waals surface area contributed by atoms with E-state index in [0.29, 0.717) is 39.6 Å². The first-order chi connectivity index (χ1) is 20.0. The highest BCUT2D eigenvalue weighted by atomic mass is 32.1. The van der Waals surface area contributed by atoms with Gasteiger partial charge in [-0.2, -0.15) is 0 Å². The molecule has 0 aliphatic carbocycles. The molecule has 1 aromatic heterocycles. The monoisotopic (exact) mass is 568 g/mol. The molecule has 0 bridgehead atoms. The Hall–Kier alpha value is -4.43. The number of esters is 1. The lowest BCUT2D eigenvalue weighted by Gasteiger charge is -2.26. The minimum Gasteiger partial charge on any atom is -0.494 e. The molecule has 1 aliphatic rings. The maximum atomic E-state index is 14.0. The van der Waals surface area contributed by atoms with E-state index in [1.54, 1.807) is 11.5 Å². The zero-order chi connectivity index (χ0) is 28.8. The van der Waals surface area contributed by atoms with Crippen LogP contribution in [0.1, 0.15) is 49.9 Å². The molecule has 8 heteroatoms. The highest BCUT2D eigenvalue weighted by Crippen LogP contribution is 2.35. The summed E-state index contributed by atoms with van der Waals surface area (Å²) in [7, 11) is 0. The number of fused-ring (bicyclic) bond motifs is 1. The summed E-state index contributed by atoms with van der Waals surface area (Å²) in [6, 6.07) is 23.9. The van der Waals surface area contributed by atoms with Gasteiger partial charge in [0, 0.05) is 5.56 Å². The smallest absolute Gasteiger partial charge is 0.338 e. The van der Waals surface area contributed by atoms with Crippen molar-refractivity contribution in [2.24, 2.45) is 4.99 Å². The van der Waals surface area contributed by atoms with E-state index in [9.17, 15) is 9.59 Å². The van der Waals surface area contributed by atoms with Crippen LogP contribution in [0.5, 0.6) is 11.5 Å². The molecule has 41 heavy (non-hydrogen) atoms. The summed E-state index contributed by atoms with van der Waals surface area (Å²) in [6.07, 6.45) is 2.77. The van der Waals surface area contributed by atoms with Gasteiger partial charge in [0.15, 0.2) is 4.80 Å². The van der Waals surface area contributed by atoms with Gasteiger partial charge in [-0.1, -0.05) is 72.9 Å². The van der Waals surface area contributed by atoms with Gasteiger partial charge in [0.2, 0.25) is 0 Å². The molecule has 2 heterocycles. The van der Waals surface area contributed by atoms with Crippen LogP contribution in [0.4, 0.5) is 0 Å². The molecule has 0 radical (unpaired) electrons. The van der Waals surface area contributed by atoms with Gasteiger partial charge in [-0.15, -0.1) is 0 Å². The van der Waals surface area contributed by atoms with Crippen molar-refractivity contribution < 1.29 is 19.0 Å². The number of rotatable bonds is 10. The van der Waals surface area contributed by atoms with Crippen molar-refractivity contribution >= 4 is 29.1 Å². The van der Waals surface area contributed by atoms with Crippen molar-refractivity contribution in [2.45, 2.75) is 33.2 Å². The maximum Gasteiger partial charge on any atom is 0.338 e. The second-order valence-electron chi connectivity index (χ2n) is 9.35. The standard InChI is InChI=1S/C33H32N2O5S/c1-4-20-40-26-16-12-22(13-17-26)21-27-31(36)35-30(24-14-18-25(19-15-24)38-5-2)28(32(37)39-6-3)29(34-33(35)41-27)23-10-8-7-9-11-23/h7-19,21,30H,4-6,20H2,1-3H3/b27-21+/t30-/m1/s1. The summed E-state index contributed by atoms with van der Waals surface area (Å²) in [6.45, 7) is 7.13. The van der Waals surface area contributed by atoms with Gasteiger partial charge < -0.3 is 14.2 Å². The van der Waals surface area contributed by atoms with Gasteiger partial charge in [0.1, 0.15) is 11.5 Å². The quantitative estimate of drug-likeness (QED) is 0.248. The van der Waals surface area contributed by atoms with Gasteiger partial charge in [-0.05, 0) is 61.7 Å². The number of hydrogen-bond donors (Lipinski definition) is 0. The lowest BCUT2D eigenvalue weighted by molar-refractivity contribution is -0.138. The second-order valence-corrected chi connectivity index (χ2v) is 10.4. The number of hydrogen-bond acceptors (Lipinski definition) is 7. The minimum absolute atomic E-state index is 0.197. The fourth-order valence-electron chi connectivity index (χ4n) is 4.70. The summed E-state index contributed by atoms with van der Waals surface area (Å²) < 4.78 is 19.0. The molecular formula is C33H32N2O5S. The van der Waals surface area contributed by atoms with E-state index in [1.807, 2.05) is 91.9 Å². The first-order valence-corrected chi connectivity index (χ1v) is 14.6. The Morgan fingerprint density at radius 2 is 1.59 bits per heavy atom. The van der Waals surface area contributed by atoms with Gasteiger partial charge in [-0.25, -0.2) is 9.79 Å². The lowest BCUT2D eigenvalue weighted by atomic mass is 9.93. The van der Waals surface area contributed by atoms with Crippen LogP contribution in [-0.4, -0.2) is 30.4 Å². The van der Waals surface area contributed by atoms with E-state index in [-0.39, 0.29) is 12.2 Å². The zero-order valence-corrected chi connectivity index (χ0v) is 24.1. The number of aromatic nitrogens is 1. The van der Waals surface area contributed by atoms with E-state index in [4.69, 9.17) is 19.2 Å². The van der Waals surface area contributed by atoms with Crippen LogP contribution in [-0.2, 0) is 9.53 Å². The Bertz CT molecular complexity index is 1720. The third kappa shape index (κ3) is 6.02. The third-order valence-electron chi connectivity index (χ3n) is 6.53. The molecule has 0 saturated carbocycles. The Balaban J connectivity index is 1.71. The molecule has 0 spiro atoms. The highest BCUT2D eigenvalue weighted by Gasteiger charge is 2.35. The van der Waals surface area contributed by atoms with Crippen molar-refractivity contribution in [3.63, 3.8) is 0 Å². The average Bonchev–Trinajstić information content (AvgIpc) is 3.31. The van der Waals surface area contributed by atoms with Crippen LogP contribution in [0.3, 0.4) is 0 Å². The molecule has 0 saturated heterocycles. The van der Waals surface area contributed by atoms with Crippen molar-refractivity contribution in [1.82, 2.24) is 4.57 Å². The van der Waals surface area contributed by atoms with Crippen molar-refractivity contribution in [3.05, 3.63) is 121 Å². The van der Waals surface area contributed by atoms with Crippen LogP contribution in [0.25, 0.3) is 11.8 Å². The molecule has 210 valence electrons. The Morgan fingerprint density at radius 3 is 2.24 bits per heavy atom. The van der Waals surface area contributed by atoms with Crippen molar-refractivity contribution in [1.29, 1.82) is 0 Å². The van der Waals surface area contributed by atoms with E-state index in [2.05, 4.69) is 6.92 Å². The molecule has 5 rings (SSSR count). The fourth-order valence-corrected chi connectivity index (χ4v) is 5.70. The molecule has 3 aromatic carbocycles. The van der Waals surface area contributed by atoms with Crippen molar-refractivity contribution in [3.8, 4) is 11.5 Å². The molecule has 4 aromatic rings. The average molecular weight is 569 g/mol. The number of benzene rings is 3. The van der Waals surface area contributed by atoms with Crippen LogP contribution in [0.2, 0.25) is 0 Å². The topological polar surface area (TPSA) is 79.1 Å². The van der Waals surface area contributed by atoms with Gasteiger partial charge in [0.05, 0.1) is 41.7 Å².